The van der Waals surface area contributed by atoms with E-state index in [4.69, 9.17) is 23.2 Å². The van der Waals surface area contributed by atoms with Crippen molar-refractivity contribution in [2.75, 3.05) is 13.6 Å². The number of guanidine groups is 1. The second kappa shape index (κ2) is 10.8. The zero-order chi connectivity index (χ0) is 20.1. The summed E-state index contributed by atoms with van der Waals surface area (Å²) in [5.74, 6) is 0.408. The van der Waals surface area contributed by atoms with E-state index in [0.717, 1.165) is 23.5 Å². The van der Waals surface area contributed by atoms with E-state index in [2.05, 4.69) is 20.7 Å². The Morgan fingerprint density at radius 1 is 1.17 bits per heavy atom. The van der Waals surface area contributed by atoms with Gasteiger partial charge in [0.1, 0.15) is 11.0 Å². The van der Waals surface area contributed by atoms with Crippen molar-refractivity contribution >= 4 is 53.1 Å². The highest BCUT2D eigenvalue weighted by atomic mass is 127. The molecule has 29 heavy (non-hydrogen) atoms. The molecule has 0 radical (unpaired) electrons. The highest BCUT2D eigenvalue weighted by Crippen LogP contribution is 2.24. The van der Waals surface area contributed by atoms with Gasteiger partial charge >= 0.3 is 0 Å². The molecule has 0 aliphatic carbocycles. The Balaban J connectivity index is 0.00000300. The maximum atomic E-state index is 13.0. The Hall–Kier alpha value is -1.78. The first-order valence-corrected chi connectivity index (χ1v) is 9.48. The smallest absolute Gasteiger partial charge is 0.191 e. The zero-order valence-corrected chi connectivity index (χ0v) is 19.8. The van der Waals surface area contributed by atoms with Crippen LogP contribution in [0, 0.1) is 5.82 Å². The number of benzene rings is 1. The molecule has 0 bridgehead atoms. The Labute approximate surface area is 196 Å². The molecule has 0 aliphatic heterocycles. The third-order valence-corrected chi connectivity index (χ3v) is 5.13. The van der Waals surface area contributed by atoms with Crippen LogP contribution in [0.15, 0.2) is 47.6 Å². The van der Waals surface area contributed by atoms with Crippen molar-refractivity contribution in [1.29, 1.82) is 0 Å². The highest BCUT2D eigenvalue weighted by Gasteiger charge is 2.09. The van der Waals surface area contributed by atoms with Gasteiger partial charge in [0.25, 0.3) is 0 Å². The summed E-state index contributed by atoms with van der Waals surface area (Å²) in [5, 5.41) is 12.0. The first kappa shape index (κ1) is 23.5. The lowest BCUT2D eigenvalue weighted by Gasteiger charge is -2.12. The molecule has 0 fully saturated rings. The van der Waals surface area contributed by atoms with Crippen molar-refractivity contribution in [3.05, 3.63) is 70.0 Å². The van der Waals surface area contributed by atoms with Crippen LogP contribution >= 0.6 is 47.2 Å². The zero-order valence-electron chi connectivity index (χ0n) is 16.0. The van der Waals surface area contributed by atoms with Crippen molar-refractivity contribution in [2.24, 2.45) is 12.0 Å². The second-order valence-electron chi connectivity index (χ2n) is 6.16. The number of nitrogens with one attached hydrogen (secondary N) is 2. The van der Waals surface area contributed by atoms with Gasteiger partial charge in [0, 0.05) is 39.0 Å². The topological polar surface area (TPSA) is 59.2 Å². The minimum atomic E-state index is -0.265. The molecule has 10 heteroatoms. The number of aliphatic imine (C=N–C) groups is 1. The minimum Gasteiger partial charge on any atom is -0.356 e. The summed E-state index contributed by atoms with van der Waals surface area (Å²) < 4.78 is 16.6. The summed E-state index contributed by atoms with van der Waals surface area (Å²) in [5.41, 5.74) is 2.70. The number of rotatable bonds is 6. The standard InChI is InChI=1S/C19H21Cl2FN6.HI/c1-23-19(25-12-16-11-17(20)18(21)27(16)2)24-9-7-14-8-10-28(26-14)15-5-3-13(22)4-6-15;/h3-6,8,10-11H,7,9,12H2,1-2H3,(H2,23,24,25);1H. The monoisotopic (exact) mass is 550 g/mol. The van der Waals surface area contributed by atoms with Crippen molar-refractivity contribution in [3.63, 3.8) is 0 Å². The third kappa shape index (κ3) is 6.10. The summed E-state index contributed by atoms with van der Waals surface area (Å²) in [4.78, 5) is 4.21. The van der Waals surface area contributed by atoms with Gasteiger partial charge in [0.15, 0.2) is 5.96 Å². The molecule has 1 aromatic carbocycles. The largest absolute Gasteiger partial charge is 0.356 e. The van der Waals surface area contributed by atoms with Crippen LogP contribution in [0.3, 0.4) is 0 Å². The van der Waals surface area contributed by atoms with Crippen molar-refractivity contribution in [1.82, 2.24) is 25.0 Å². The lowest BCUT2D eigenvalue weighted by Crippen LogP contribution is -2.38. The van der Waals surface area contributed by atoms with E-state index < -0.39 is 0 Å². The minimum absolute atomic E-state index is 0. The number of aromatic nitrogens is 3. The van der Waals surface area contributed by atoms with E-state index in [9.17, 15) is 4.39 Å². The van der Waals surface area contributed by atoms with Gasteiger partial charge in [-0.15, -0.1) is 24.0 Å². The van der Waals surface area contributed by atoms with Crippen LogP contribution in [0.2, 0.25) is 10.2 Å². The van der Waals surface area contributed by atoms with E-state index in [1.165, 1.54) is 12.1 Å². The number of halogens is 4. The fraction of sp³-hybridized carbons (Fsp3) is 0.263. The molecule has 0 saturated heterocycles. The Morgan fingerprint density at radius 3 is 2.52 bits per heavy atom. The molecule has 2 heterocycles. The van der Waals surface area contributed by atoms with E-state index >= 15 is 0 Å². The molecule has 0 spiro atoms. The summed E-state index contributed by atoms with van der Waals surface area (Å²) >= 11 is 12.1. The molecule has 0 unspecified atom stereocenters. The van der Waals surface area contributed by atoms with Crippen LogP contribution in [-0.4, -0.2) is 33.9 Å². The average Bonchev–Trinajstić information content (AvgIpc) is 3.26. The first-order valence-electron chi connectivity index (χ1n) is 8.72. The SMILES string of the molecule is CN=C(NCCc1ccn(-c2ccc(F)cc2)n1)NCc1cc(Cl)c(Cl)n1C.I. The summed E-state index contributed by atoms with van der Waals surface area (Å²) in [6, 6.07) is 9.99. The highest BCUT2D eigenvalue weighted by molar-refractivity contribution is 14.0. The summed E-state index contributed by atoms with van der Waals surface area (Å²) in [6.07, 6.45) is 2.58. The van der Waals surface area contributed by atoms with Gasteiger partial charge in [0.05, 0.1) is 22.9 Å². The predicted octanol–water partition coefficient (Wildman–Crippen LogP) is 4.18. The first-order chi connectivity index (χ1) is 13.5. The van der Waals surface area contributed by atoms with Gasteiger partial charge in [-0.3, -0.25) is 4.99 Å². The molecular weight excluding hydrogens is 529 g/mol. The lowest BCUT2D eigenvalue weighted by molar-refractivity contribution is 0.627. The molecule has 6 nitrogen and oxygen atoms in total. The molecule has 2 N–H and O–H groups in total. The van der Waals surface area contributed by atoms with Crippen LogP contribution in [0.5, 0.6) is 0 Å². The van der Waals surface area contributed by atoms with E-state index in [0.29, 0.717) is 29.2 Å². The van der Waals surface area contributed by atoms with Crippen LogP contribution in [0.25, 0.3) is 5.69 Å². The molecule has 156 valence electrons. The Bertz CT molecular complexity index is 968. The number of hydrogen-bond acceptors (Lipinski definition) is 2. The van der Waals surface area contributed by atoms with Crippen LogP contribution in [0.1, 0.15) is 11.4 Å². The molecule has 0 saturated carbocycles. The summed E-state index contributed by atoms with van der Waals surface area (Å²) in [6.45, 7) is 1.20. The number of hydrogen-bond donors (Lipinski definition) is 2. The molecular formula is C19H22Cl2FIN6. The lowest BCUT2D eigenvalue weighted by atomic mass is 10.3. The third-order valence-electron chi connectivity index (χ3n) is 4.29. The van der Waals surface area contributed by atoms with Crippen LogP contribution < -0.4 is 10.6 Å². The maximum absolute atomic E-state index is 13.0. The van der Waals surface area contributed by atoms with Crippen LogP contribution in [0.4, 0.5) is 4.39 Å². The van der Waals surface area contributed by atoms with Crippen molar-refractivity contribution in [3.8, 4) is 5.69 Å². The molecule has 3 rings (SSSR count). The fourth-order valence-electron chi connectivity index (χ4n) is 2.70. The molecule has 2 aromatic heterocycles. The van der Waals surface area contributed by atoms with E-state index in [-0.39, 0.29) is 29.8 Å². The predicted molar refractivity (Wildman–Crippen MR) is 126 cm³/mol. The molecule has 0 atom stereocenters. The molecule has 3 aromatic rings. The van der Waals surface area contributed by atoms with Gasteiger partial charge in [-0.1, -0.05) is 23.2 Å². The van der Waals surface area contributed by atoms with E-state index in [1.54, 1.807) is 23.9 Å². The quantitative estimate of drug-likeness (QED) is 0.275. The van der Waals surface area contributed by atoms with E-state index in [1.807, 2.05) is 29.9 Å². The fourth-order valence-corrected chi connectivity index (χ4v) is 3.11. The summed E-state index contributed by atoms with van der Waals surface area (Å²) in [7, 11) is 3.57. The van der Waals surface area contributed by atoms with Crippen molar-refractivity contribution < 1.29 is 4.39 Å². The van der Waals surface area contributed by atoms with Crippen molar-refractivity contribution in [2.45, 2.75) is 13.0 Å². The van der Waals surface area contributed by atoms with Gasteiger partial charge in [-0.05, 0) is 36.4 Å². The Kier molecular flexibility index (Phi) is 8.79. The number of nitrogens with zero attached hydrogens (tertiary/aromatic N) is 4. The van der Waals surface area contributed by atoms with Gasteiger partial charge < -0.3 is 15.2 Å². The van der Waals surface area contributed by atoms with Crippen LogP contribution in [-0.2, 0) is 20.0 Å². The average molecular weight is 551 g/mol. The normalized spacial score (nSPS) is 11.3. The maximum Gasteiger partial charge on any atom is 0.191 e. The Morgan fingerprint density at radius 2 is 1.90 bits per heavy atom. The molecule has 0 aliphatic rings. The van der Waals surface area contributed by atoms with Gasteiger partial charge in [0.2, 0.25) is 0 Å². The second-order valence-corrected chi connectivity index (χ2v) is 6.93. The molecule has 0 amide bonds. The van der Waals surface area contributed by atoms with Gasteiger partial charge in [-0.25, -0.2) is 9.07 Å². The van der Waals surface area contributed by atoms with Gasteiger partial charge in [-0.2, -0.15) is 5.10 Å².